The molecule has 78 valence electrons. The Balaban J connectivity index is 3.04. The molecule has 0 aliphatic carbocycles. The highest BCUT2D eigenvalue weighted by Crippen LogP contribution is 2.29. The lowest BCUT2D eigenvalue weighted by molar-refractivity contribution is 0.383. The van der Waals surface area contributed by atoms with E-state index in [9.17, 15) is 0 Å². The number of ether oxygens (including phenoxy) is 2. The molecule has 1 aromatic rings. The van der Waals surface area contributed by atoms with Gasteiger partial charge in [-0.1, -0.05) is 13.8 Å². The lowest BCUT2D eigenvalue weighted by Gasteiger charge is -2.13. The van der Waals surface area contributed by atoms with Crippen molar-refractivity contribution in [1.29, 1.82) is 0 Å². The molecule has 1 heterocycles. The predicted octanol–water partition coefficient (Wildman–Crippen LogP) is 2.61. The third-order valence-corrected chi connectivity index (χ3v) is 2.39. The normalized spacial score (nSPS) is 12.3. The maximum atomic E-state index is 5.27. The second-order valence-corrected chi connectivity index (χ2v) is 3.27. The van der Waals surface area contributed by atoms with E-state index in [1.807, 2.05) is 6.07 Å². The lowest BCUT2D eigenvalue weighted by Crippen LogP contribution is -2.00. The van der Waals surface area contributed by atoms with E-state index in [2.05, 4.69) is 18.8 Å². The van der Waals surface area contributed by atoms with Crippen LogP contribution in [-0.4, -0.2) is 19.2 Å². The van der Waals surface area contributed by atoms with E-state index in [1.165, 1.54) is 0 Å². The number of hydrogen-bond donors (Lipinski definition) is 0. The predicted molar refractivity (Wildman–Crippen MR) is 56.0 cm³/mol. The Morgan fingerprint density at radius 3 is 2.57 bits per heavy atom. The van der Waals surface area contributed by atoms with Crippen molar-refractivity contribution in [3.05, 3.63) is 18.0 Å². The minimum atomic E-state index is 0.413. The average Bonchev–Trinajstić information content (AvgIpc) is 2.27. The fourth-order valence-corrected chi connectivity index (χ4v) is 1.28. The first-order chi connectivity index (χ1) is 6.72. The maximum Gasteiger partial charge on any atom is 0.144 e. The summed E-state index contributed by atoms with van der Waals surface area (Å²) in [4.78, 5) is 4.34. The average molecular weight is 195 g/mol. The quantitative estimate of drug-likeness (QED) is 0.740. The van der Waals surface area contributed by atoms with Gasteiger partial charge in [-0.3, -0.25) is 4.98 Å². The van der Waals surface area contributed by atoms with Crippen LogP contribution < -0.4 is 9.47 Å². The molecule has 0 aliphatic rings. The van der Waals surface area contributed by atoms with E-state index in [-0.39, 0.29) is 0 Å². The second kappa shape index (κ2) is 4.84. The van der Waals surface area contributed by atoms with Crippen molar-refractivity contribution in [3.8, 4) is 11.5 Å². The Morgan fingerprint density at radius 2 is 2.07 bits per heavy atom. The molecule has 0 amide bonds. The zero-order valence-electron chi connectivity index (χ0n) is 9.20. The summed E-state index contributed by atoms with van der Waals surface area (Å²) in [6, 6.07) is 1.87. The first-order valence-electron chi connectivity index (χ1n) is 4.80. The van der Waals surface area contributed by atoms with Gasteiger partial charge in [-0.25, -0.2) is 0 Å². The van der Waals surface area contributed by atoms with Crippen molar-refractivity contribution in [2.45, 2.75) is 26.2 Å². The molecule has 3 heteroatoms. The van der Waals surface area contributed by atoms with Gasteiger partial charge in [0.05, 0.1) is 26.1 Å². The highest BCUT2D eigenvalue weighted by atomic mass is 16.5. The van der Waals surface area contributed by atoms with Crippen molar-refractivity contribution in [2.24, 2.45) is 0 Å². The molecule has 1 rings (SSSR count). The fraction of sp³-hybridized carbons (Fsp3) is 0.545. The van der Waals surface area contributed by atoms with Gasteiger partial charge in [0.15, 0.2) is 0 Å². The minimum absolute atomic E-state index is 0.413. The molecule has 0 radical (unpaired) electrons. The van der Waals surface area contributed by atoms with Gasteiger partial charge in [-0.15, -0.1) is 0 Å². The van der Waals surface area contributed by atoms with Gasteiger partial charge in [0, 0.05) is 12.0 Å². The summed E-state index contributed by atoms with van der Waals surface area (Å²) >= 11 is 0. The van der Waals surface area contributed by atoms with Crippen LogP contribution in [0.1, 0.15) is 31.9 Å². The Hall–Kier alpha value is -1.25. The highest BCUT2D eigenvalue weighted by molar-refractivity contribution is 5.36. The third-order valence-electron chi connectivity index (χ3n) is 2.39. The minimum Gasteiger partial charge on any atom is -0.495 e. The van der Waals surface area contributed by atoms with Crippen LogP contribution in [0.3, 0.4) is 0 Å². The number of pyridine rings is 1. The molecular weight excluding hydrogens is 178 g/mol. The van der Waals surface area contributed by atoms with Gasteiger partial charge in [0.2, 0.25) is 0 Å². The van der Waals surface area contributed by atoms with Crippen molar-refractivity contribution >= 4 is 0 Å². The highest BCUT2D eigenvalue weighted by Gasteiger charge is 2.12. The van der Waals surface area contributed by atoms with E-state index >= 15 is 0 Å². The van der Waals surface area contributed by atoms with Crippen LogP contribution in [0.4, 0.5) is 0 Å². The van der Waals surface area contributed by atoms with E-state index < -0.39 is 0 Å². The smallest absolute Gasteiger partial charge is 0.144 e. The monoisotopic (exact) mass is 195 g/mol. The van der Waals surface area contributed by atoms with Crippen LogP contribution in [0.5, 0.6) is 11.5 Å². The maximum absolute atomic E-state index is 5.27. The Labute approximate surface area is 85.1 Å². The molecule has 14 heavy (non-hydrogen) atoms. The molecule has 1 aromatic heterocycles. The molecule has 0 aromatic carbocycles. The van der Waals surface area contributed by atoms with Crippen molar-refractivity contribution in [2.75, 3.05) is 14.2 Å². The first-order valence-corrected chi connectivity index (χ1v) is 4.80. The summed E-state index contributed by atoms with van der Waals surface area (Å²) in [7, 11) is 3.28. The van der Waals surface area contributed by atoms with Gasteiger partial charge in [-0.2, -0.15) is 0 Å². The molecule has 0 aliphatic heterocycles. The third kappa shape index (κ3) is 2.16. The number of aromatic nitrogens is 1. The van der Waals surface area contributed by atoms with Gasteiger partial charge in [0.25, 0.3) is 0 Å². The topological polar surface area (TPSA) is 31.4 Å². The summed E-state index contributed by atoms with van der Waals surface area (Å²) < 4.78 is 10.4. The summed E-state index contributed by atoms with van der Waals surface area (Å²) in [6.07, 6.45) is 2.78. The molecular formula is C11H17NO2. The molecule has 0 spiro atoms. The van der Waals surface area contributed by atoms with Gasteiger partial charge < -0.3 is 9.47 Å². The molecule has 1 unspecified atom stereocenters. The van der Waals surface area contributed by atoms with Crippen LogP contribution in [-0.2, 0) is 0 Å². The molecule has 3 nitrogen and oxygen atoms in total. The summed E-state index contributed by atoms with van der Waals surface area (Å²) in [5.74, 6) is 1.95. The van der Waals surface area contributed by atoms with E-state index in [1.54, 1.807) is 20.4 Å². The first kappa shape index (κ1) is 10.8. The second-order valence-electron chi connectivity index (χ2n) is 3.27. The Kier molecular flexibility index (Phi) is 3.74. The van der Waals surface area contributed by atoms with E-state index in [0.29, 0.717) is 5.92 Å². The van der Waals surface area contributed by atoms with Crippen LogP contribution in [0, 0.1) is 0 Å². The summed E-state index contributed by atoms with van der Waals surface area (Å²) in [6.45, 7) is 4.27. The molecule has 0 N–H and O–H groups in total. The van der Waals surface area contributed by atoms with E-state index in [4.69, 9.17) is 9.47 Å². The molecule has 0 fully saturated rings. The zero-order chi connectivity index (χ0) is 10.6. The largest absolute Gasteiger partial charge is 0.495 e. The summed E-state index contributed by atoms with van der Waals surface area (Å²) in [5, 5.41) is 0. The van der Waals surface area contributed by atoms with Gasteiger partial charge in [-0.05, 0) is 6.42 Å². The molecule has 0 saturated heterocycles. The van der Waals surface area contributed by atoms with Crippen molar-refractivity contribution in [1.82, 2.24) is 4.98 Å². The molecule has 1 atom stereocenters. The molecule has 0 saturated carbocycles. The fourth-order valence-electron chi connectivity index (χ4n) is 1.28. The van der Waals surface area contributed by atoms with Crippen molar-refractivity contribution < 1.29 is 9.47 Å². The van der Waals surface area contributed by atoms with Gasteiger partial charge >= 0.3 is 0 Å². The van der Waals surface area contributed by atoms with Crippen molar-refractivity contribution in [3.63, 3.8) is 0 Å². The van der Waals surface area contributed by atoms with Crippen LogP contribution >= 0.6 is 0 Å². The Bertz CT molecular complexity index is 299. The number of hydrogen-bond acceptors (Lipinski definition) is 3. The number of rotatable bonds is 4. The van der Waals surface area contributed by atoms with Crippen LogP contribution in [0.25, 0.3) is 0 Å². The van der Waals surface area contributed by atoms with E-state index in [0.717, 1.165) is 23.6 Å². The Morgan fingerprint density at radius 1 is 1.36 bits per heavy atom. The summed E-state index contributed by atoms with van der Waals surface area (Å²) in [5.41, 5.74) is 0.996. The SMILES string of the molecule is CCC(C)c1ncc(OC)cc1OC. The van der Waals surface area contributed by atoms with Crippen LogP contribution in [0.2, 0.25) is 0 Å². The number of methoxy groups -OCH3 is 2. The molecule has 0 bridgehead atoms. The zero-order valence-corrected chi connectivity index (χ0v) is 9.20. The lowest BCUT2D eigenvalue weighted by atomic mass is 10.0. The number of nitrogens with zero attached hydrogens (tertiary/aromatic N) is 1. The standard InChI is InChI=1S/C11H17NO2/c1-5-8(2)11-10(14-4)6-9(13-3)7-12-11/h6-8H,5H2,1-4H3. The van der Waals surface area contributed by atoms with Crippen LogP contribution in [0.15, 0.2) is 12.3 Å². The van der Waals surface area contributed by atoms with Gasteiger partial charge in [0.1, 0.15) is 11.5 Å².